The fraction of sp³-hybridized carbons (Fsp3) is 0.167. The van der Waals surface area contributed by atoms with Crippen LogP contribution in [0.1, 0.15) is 27.0 Å². The van der Waals surface area contributed by atoms with Gasteiger partial charge in [0.25, 0.3) is 5.91 Å². The van der Waals surface area contributed by atoms with E-state index in [1.165, 1.54) is 12.1 Å². The van der Waals surface area contributed by atoms with Gasteiger partial charge in [-0.3, -0.25) is 13.7 Å². The number of benzene rings is 2. The number of nitrogens with zero attached hydrogens (tertiary/aromatic N) is 2. The van der Waals surface area contributed by atoms with Crippen molar-refractivity contribution in [2.75, 3.05) is 0 Å². The first-order valence-corrected chi connectivity index (χ1v) is 8.66. The van der Waals surface area contributed by atoms with Crippen molar-refractivity contribution in [2.45, 2.75) is 19.6 Å². The van der Waals surface area contributed by atoms with E-state index < -0.39 is 23.3 Å². The number of amides is 1. The third-order valence-corrected chi connectivity index (χ3v) is 4.57. The number of H-pyrrole nitrogens is 1. The van der Waals surface area contributed by atoms with E-state index in [9.17, 15) is 22.8 Å². The van der Waals surface area contributed by atoms with Gasteiger partial charge in [-0.25, -0.2) is 4.79 Å². The Balaban J connectivity index is 1.95. The summed E-state index contributed by atoms with van der Waals surface area (Å²) in [6.07, 6.45) is -4.48. The van der Waals surface area contributed by atoms with Crippen LogP contribution in [0.2, 0.25) is 0 Å². The quantitative estimate of drug-likeness (QED) is 0.742. The number of hydrogen-bond acceptors (Lipinski definition) is 3. The molecule has 1 N–H and O–H groups in total. The minimum atomic E-state index is -4.48. The Morgan fingerprint density at radius 3 is 2.56 bits per heavy atom. The average molecular weight is 393 g/mol. The molecule has 3 aromatic rings. The van der Waals surface area contributed by atoms with Crippen LogP contribution >= 0.6 is 11.5 Å². The van der Waals surface area contributed by atoms with Gasteiger partial charge in [-0.2, -0.15) is 18.2 Å². The summed E-state index contributed by atoms with van der Waals surface area (Å²) in [6.45, 7) is 1.75. The predicted octanol–water partition coefficient (Wildman–Crippen LogP) is 3.35. The minimum Gasteiger partial charge on any atom is -0.267 e. The van der Waals surface area contributed by atoms with Crippen molar-refractivity contribution >= 4 is 17.4 Å². The summed E-state index contributed by atoms with van der Waals surface area (Å²) < 4.78 is 42.2. The van der Waals surface area contributed by atoms with Crippen LogP contribution in [-0.4, -0.2) is 14.8 Å². The minimum absolute atomic E-state index is 0.0861. The monoisotopic (exact) mass is 393 g/mol. The lowest BCUT2D eigenvalue weighted by molar-refractivity contribution is -0.137. The van der Waals surface area contributed by atoms with Crippen molar-refractivity contribution in [1.29, 1.82) is 0 Å². The SMILES string of the molecule is Cc1ccc(C(=O)N=c2s[nH]c(=O)n2Cc2cccc(C(F)(F)F)c2)cc1. The first-order valence-electron chi connectivity index (χ1n) is 7.84. The van der Waals surface area contributed by atoms with E-state index in [-0.39, 0.29) is 16.9 Å². The van der Waals surface area contributed by atoms with Gasteiger partial charge in [-0.15, -0.1) is 0 Å². The van der Waals surface area contributed by atoms with Crippen LogP contribution in [0, 0.1) is 6.92 Å². The first-order chi connectivity index (χ1) is 12.7. The maximum absolute atomic E-state index is 12.9. The zero-order valence-corrected chi connectivity index (χ0v) is 14.9. The van der Waals surface area contributed by atoms with Crippen LogP contribution in [0.15, 0.2) is 58.3 Å². The molecule has 0 spiro atoms. The number of rotatable bonds is 3. The molecule has 1 aromatic heterocycles. The zero-order valence-electron chi connectivity index (χ0n) is 14.1. The lowest BCUT2D eigenvalue weighted by Gasteiger charge is -2.08. The van der Waals surface area contributed by atoms with Gasteiger partial charge >= 0.3 is 11.9 Å². The van der Waals surface area contributed by atoms with Crippen molar-refractivity contribution in [1.82, 2.24) is 8.94 Å². The number of carbonyl (C=O) groups excluding carboxylic acids is 1. The smallest absolute Gasteiger partial charge is 0.267 e. The summed E-state index contributed by atoms with van der Waals surface area (Å²) in [4.78, 5) is 28.3. The molecule has 3 rings (SSSR count). The molecular formula is C18H14F3N3O2S. The summed E-state index contributed by atoms with van der Waals surface area (Å²) in [5.41, 5.74) is 0.261. The lowest BCUT2D eigenvalue weighted by atomic mass is 10.1. The Morgan fingerprint density at radius 2 is 1.89 bits per heavy atom. The fourth-order valence-corrected chi connectivity index (χ4v) is 3.06. The molecule has 0 bridgehead atoms. The zero-order chi connectivity index (χ0) is 19.6. The third kappa shape index (κ3) is 4.43. The van der Waals surface area contributed by atoms with Crippen LogP contribution in [0.3, 0.4) is 0 Å². The summed E-state index contributed by atoms with van der Waals surface area (Å²) in [5, 5.41) is 0. The molecule has 5 nitrogen and oxygen atoms in total. The topological polar surface area (TPSA) is 67.2 Å². The highest BCUT2D eigenvalue weighted by atomic mass is 32.1. The third-order valence-electron chi connectivity index (χ3n) is 3.80. The lowest BCUT2D eigenvalue weighted by Crippen LogP contribution is -2.28. The van der Waals surface area contributed by atoms with Gasteiger partial charge in [0.15, 0.2) is 0 Å². The summed E-state index contributed by atoms with van der Waals surface area (Å²) in [5.74, 6) is -0.539. The maximum atomic E-state index is 12.9. The Kier molecular flexibility index (Phi) is 5.13. The molecule has 140 valence electrons. The van der Waals surface area contributed by atoms with Gasteiger partial charge < -0.3 is 0 Å². The molecule has 2 aromatic carbocycles. The van der Waals surface area contributed by atoms with Crippen molar-refractivity contribution in [3.63, 3.8) is 0 Å². The summed E-state index contributed by atoms with van der Waals surface area (Å²) in [7, 11) is 0. The van der Waals surface area contributed by atoms with Gasteiger partial charge in [0.2, 0.25) is 4.80 Å². The normalized spacial score (nSPS) is 12.4. The Hall–Kier alpha value is -2.94. The standard InChI is InChI=1S/C18H14F3N3O2S/c1-11-5-7-13(8-6-11)15(25)22-17-24(16(26)23-27-17)10-12-3-2-4-14(9-12)18(19,20)21/h2-9H,10H2,1H3,(H,23,26). The molecule has 1 amide bonds. The number of aromatic amines is 1. The molecule has 0 radical (unpaired) electrons. The molecule has 1 heterocycles. The number of halogens is 3. The number of aromatic nitrogens is 2. The van der Waals surface area contributed by atoms with E-state index in [4.69, 9.17) is 0 Å². The van der Waals surface area contributed by atoms with Gasteiger partial charge in [0.05, 0.1) is 12.1 Å². The average Bonchev–Trinajstić information content (AvgIpc) is 2.95. The molecule has 0 saturated heterocycles. The maximum Gasteiger partial charge on any atom is 0.416 e. The summed E-state index contributed by atoms with van der Waals surface area (Å²) >= 11 is 0.847. The fourth-order valence-electron chi connectivity index (χ4n) is 2.39. The molecule has 0 fully saturated rings. The van der Waals surface area contributed by atoms with Crippen molar-refractivity contribution < 1.29 is 18.0 Å². The molecule has 0 unspecified atom stereocenters. The molecule has 0 aliphatic rings. The summed E-state index contributed by atoms with van der Waals surface area (Å²) in [6, 6.07) is 11.4. The second-order valence-electron chi connectivity index (χ2n) is 5.86. The van der Waals surface area contributed by atoms with Crippen molar-refractivity contribution in [3.05, 3.63) is 86.1 Å². The molecule has 27 heavy (non-hydrogen) atoms. The highest BCUT2D eigenvalue weighted by Gasteiger charge is 2.30. The first kappa shape index (κ1) is 18.8. The van der Waals surface area contributed by atoms with Crippen molar-refractivity contribution in [3.8, 4) is 0 Å². The van der Waals surface area contributed by atoms with E-state index in [1.807, 2.05) is 6.92 Å². The highest BCUT2D eigenvalue weighted by molar-refractivity contribution is 7.02. The van der Waals surface area contributed by atoms with E-state index >= 15 is 0 Å². The van der Waals surface area contributed by atoms with Crippen molar-refractivity contribution in [2.24, 2.45) is 4.99 Å². The van der Waals surface area contributed by atoms with Crippen LogP contribution in [0.4, 0.5) is 13.2 Å². The van der Waals surface area contributed by atoms with E-state index in [1.54, 1.807) is 24.3 Å². The molecule has 0 aliphatic carbocycles. The Morgan fingerprint density at radius 1 is 1.19 bits per heavy atom. The number of aryl methyl sites for hydroxylation is 1. The molecule has 0 atom stereocenters. The largest absolute Gasteiger partial charge is 0.416 e. The van der Waals surface area contributed by atoms with Gasteiger partial charge in [0, 0.05) is 5.56 Å². The van der Waals surface area contributed by atoms with E-state index in [0.29, 0.717) is 5.56 Å². The Labute approximate surface area is 155 Å². The molecule has 9 heteroatoms. The number of hydrogen-bond donors (Lipinski definition) is 1. The van der Waals surface area contributed by atoms with Crippen LogP contribution in [-0.2, 0) is 12.7 Å². The highest BCUT2D eigenvalue weighted by Crippen LogP contribution is 2.29. The van der Waals surface area contributed by atoms with Gasteiger partial charge in [-0.1, -0.05) is 29.8 Å². The van der Waals surface area contributed by atoms with Crippen LogP contribution < -0.4 is 10.5 Å². The molecule has 0 aliphatic heterocycles. The predicted molar refractivity (Wildman–Crippen MR) is 94.5 cm³/mol. The van der Waals surface area contributed by atoms with Gasteiger partial charge in [-0.05, 0) is 48.3 Å². The van der Waals surface area contributed by atoms with Crippen LogP contribution in [0.5, 0.6) is 0 Å². The van der Waals surface area contributed by atoms with Crippen LogP contribution in [0.25, 0.3) is 0 Å². The van der Waals surface area contributed by atoms with E-state index in [2.05, 4.69) is 9.37 Å². The number of carbonyl (C=O) groups is 1. The van der Waals surface area contributed by atoms with E-state index in [0.717, 1.165) is 33.8 Å². The molecular weight excluding hydrogens is 379 g/mol. The second-order valence-corrected chi connectivity index (χ2v) is 6.63. The Bertz CT molecular complexity index is 1090. The number of alkyl halides is 3. The number of nitrogens with one attached hydrogen (secondary N) is 1. The second kappa shape index (κ2) is 7.36. The molecule has 0 saturated carbocycles. The van der Waals surface area contributed by atoms with Gasteiger partial charge in [0.1, 0.15) is 0 Å².